The molecule has 68 valence electrons. The third-order valence-corrected chi connectivity index (χ3v) is 1.46. The standard InChI is InChI=1S/C9H9F2.2Ti/c1-2-3-7-4-5-8(10)6-9(7)11;;/h4-5H,2-3H2,1H3;;/q-1;;. The molecular weight excluding hydrogens is 242 g/mol. The van der Waals surface area contributed by atoms with Gasteiger partial charge in [-0.3, -0.25) is 0 Å². The van der Waals surface area contributed by atoms with E-state index in [9.17, 15) is 8.78 Å². The summed E-state index contributed by atoms with van der Waals surface area (Å²) in [7, 11) is 0. The normalized spacial score (nSPS) is 8.54. The summed E-state index contributed by atoms with van der Waals surface area (Å²) in [4.78, 5) is 0. The van der Waals surface area contributed by atoms with Crippen molar-refractivity contribution >= 4 is 0 Å². The van der Waals surface area contributed by atoms with Crippen LogP contribution in [0, 0.1) is 17.7 Å². The average Bonchev–Trinajstić information content (AvgIpc) is 1.95. The van der Waals surface area contributed by atoms with Crippen LogP contribution in [-0.2, 0) is 49.9 Å². The van der Waals surface area contributed by atoms with Crippen molar-refractivity contribution in [1.82, 2.24) is 0 Å². The third kappa shape index (κ3) is 5.07. The van der Waals surface area contributed by atoms with E-state index in [0.717, 1.165) is 6.42 Å². The maximum absolute atomic E-state index is 12.7. The van der Waals surface area contributed by atoms with Gasteiger partial charge in [0.05, 0.1) is 0 Å². The van der Waals surface area contributed by atoms with Crippen molar-refractivity contribution < 1.29 is 52.2 Å². The predicted molar refractivity (Wildman–Crippen MR) is 39.2 cm³/mol. The van der Waals surface area contributed by atoms with E-state index in [-0.39, 0.29) is 43.4 Å². The largest absolute Gasteiger partial charge is 0.236 e. The van der Waals surface area contributed by atoms with E-state index < -0.39 is 11.6 Å². The second-order valence-electron chi connectivity index (χ2n) is 2.40. The summed E-state index contributed by atoms with van der Waals surface area (Å²) in [5.41, 5.74) is 0.536. The molecule has 0 aliphatic carbocycles. The van der Waals surface area contributed by atoms with Crippen LogP contribution < -0.4 is 0 Å². The molecule has 0 aliphatic rings. The minimum absolute atomic E-state index is 0. The molecule has 4 heteroatoms. The van der Waals surface area contributed by atoms with Gasteiger partial charge in [0.25, 0.3) is 0 Å². The molecule has 0 heterocycles. The maximum atomic E-state index is 12.7. The Morgan fingerprint density at radius 1 is 1.23 bits per heavy atom. The fourth-order valence-electron chi connectivity index (χ4n) is 0.936. The van der Waals surface area contributed by atoms with Crippen molar-refractivity contribution in [3.63, 3.8) is 0 Å². The van der Waals surface area contributed by atoms with Gasteiger partial charge in [-0.1, -0.05) is 19.8 Å². The van der Waals surface area contributed by atoms with Gasteiger partial charge in [0.1, 0.15) is 0 Å². The van der Waals surface area contributed by atoms with Gasteiger partial charge >= 0.3 is 0 Å². The number of halogens is 2. The van der Waals surface area contributed by atoms with Gasteiger partial charge in [0.2, 0.25) is 0 Å². The third-order valence-electron chi connectivity index (χ3n) is 1.46. The van der Waals surface area contributed by atoms with Crippen molar-refractivity contribution in [3.05, 3.63) is 35.4 Å². The van der Waals surface area contributed by atoms with E-state index in [4.69, 9.17) is 0 Å². The molecule has 1 rings (SSSR count). The van der Waals surface area contributed by atoms with Crippen LogP contribution in [0.4, 0.5) is 8.78 Å². The second kappa shape index (κ2) is 7.87. The van der Waals surface area contributed by atoms with Crippen molar-refractivity contribution in [3.8, 4) is 0 Å². The van der Waals surface area contributed by atoms with Gasteiger partial charge in [-0.05, 0) is 0 Å². The van der Waals surface area contributed by atoms with Gasteiger partial charge in [-0.25, -0.2) is 8.78 Å². The van der Waals surface area contributed by atoms with Crippen LogP contribution in [0.3, 0.4) is 0 Å². The summed E-state index contributed by atoms with van der Waals surface area (Å²) < 4.78 is 25.0. The molecule has 0 radical (unpaired) electrons. The molecule has 0 amide bonds. The van der Waals surface area contributed by atoms with Crippen LogP contribution in [0.25, 0.3) is 0 Å². The maximum Gasteiger partial charge on any atom is 0.0168 e. The summed E-state index contributed by atoms with van der Waals surface area (Å²) in [6.07, 6.45) is 1.50. The molecule has 1 aromatic rings. The van der Waals surface area contributed by atoms with Crippen molar-refractivity contribution in [2.75, 3.05) is 0 Å². The summed E-state index contributed by atoms with van der Waals surface area (Å²) in [5.74, 6) is -1.20. The minimum atomic E-state index is -0.637. The van der Waals surface area contributed by atoms with Crippen LogP contribution in [0.2, 0.25) is 0 Å². The van der Waals surface area contributed by atoms with Gasteiger partial charge in [0, 0.05) is 55.1 Å². The van der Waals surface area contributed by atoms with E-state index in [1.807, 2.05) is 13.0 Å². The molecule has 13 heavy (non-hydrogen) atoms. The van der Waals surface area contributed by atoms with Crippen molar-refractivity contribution in [1.29, 1.82) is 0 Å². The Morgan fingerprint density at radius 2 is 1.85 bits per heavy atom. The first-order valence-corrected chi connectivity index (χ1v) is 3.60. The average molecular weight is 251 g/mol. The minimum Gasteiger partial charge on any atom is -0.236 e. The van der Waals surface area contributed by atoms with E-state index in [1.54, 1.807) is 0 Å². The number of aryl methyl sites for hydroxylation is 1. The molecule has 1 aromatic carbocycles. The fourth-order valence-corrected chi connectivity index (χ4v) is 0.936. The molecule has 0 saturated heterocycles. The van der Waals surface area contributed by atoms with Crippen LogP contribution >= 0.6 is 0 Å². The number of benzene rings is 1. The topological polar surface area (TPSA) is 0 Å². The summed E-state index contributed by atoms with van der Waals surface area (Å²) in [6.45, 7) is 1.95. The van der Waals surface area contributed by atoms with Crippen LogP contribution in [0.1, 0.15) is 18.9 Å². The quantitative estimate of drug-likeness (QED) is 0.560. The summed E-state index contributed by atoms with van der Waals surface area (Å²) in [6, 6.07) is 4.68. The molecule has 0 bridgehead atoms. The molecule has 0 unspecified atom stereocenters. The van der Waals surface area contributed by atoms with Crippen LogP contribution in [0.15, 0.2) is 12.1 Å². The Balaban J connectivity index is 0. The zero-order valence-corrected chi connectivity index (χ0v) is 10.4. The zero-order chi connectivity index (χ0) is 8.27. The first kappa shape index (κ1) is 16.0. The predicted octanol–water partition coefficient (Wildman–Crippen LogP) is 2.71. The Kier molecular flexibility index (Phi) is 9.66. The SMILES string of the molecule is CCCc1ccc(F)[c-]c1F.[Ti].[Ti]. The smallest absolute Gasteiger partial charge is 0.0168 e. The molecular formula is C9H9F2Ti2-. The molecule has 0 aromatic heterocycles. The molecule has 0 fully saturated rings. The number of hydrogen-bond acceptors (Lipinski definition) is 0. The summed E-state index contributed by atoms with van der Waals surface area (Å²) in [5, 5.41) is 0. The Bertz CT molecular complexity index is 251. The Hall–Kier alpha value is 0.509. The van der Waals surface area contributed by atoms with Gasteiger partial charge in [0.15, 0.2) is 0 Å². The molecule has 0 saturated carbocycles. The van der Waals surface area contributed by atoms with Crippen molar-refractivity contribution in [2.45, 2.75) is 19.8 Å². The monoisotopic (exact) mass is 251 g/mol. The van der Waals surface area contributed by atoms with Crippen LogP contribution in [0.5, 0.6) is 0 Å². The molecule has 0 aliphatic heterocycles. The molecule has 0 N–H and O–H groups in total. The first-order valence-electron chi connectivity index (χ1n) is 3.60. The Labute approximate surface area is 107 Å². The van der Waals surface area contributed by atoms with Gasteiger partial charge in [-0.2, -0.15) is 6.07 Å². The molecule has 0 nitrogen and oxygen atoms in total. The van der Waals surface area contributed by atoms with Crippen LogP contribution in [-0.4, -0.2) is 0 Å². The fraction of sp³-hybridized carbons (Fsp3) is 0.333. The van der Waals surface area contributed by atoms with E-state index >= 15 is 0 Å². The van der Waals surface area contributed by atoms with E-state index in [2.05, 4.69) is 0 Å². The number of hydrogen-bond donors (Lipinski definition) is 0. The van der Waals surface area contributed by atoms with Crippen molar-refractivity contribution in [2.24, 2.45) is 0 Å². The molecule has 0 spiro atoms. The van der Waals surface area contributed by atoms with E-state index in [1.165, 1.54) is 12.1 Å². The number of rotatable bonds is 2. The second-order valence-corrected chi connectivity index (χ2v) is 2.40. The summed E-state index contributed by atoms with van der Waals surface area (Å²) >= 11 is 0. The molecule has 0 atom stereocenters. The zero-order valence-electron chi connectivity index (χ0n) is 7.32. The Morgan fingerprint density at radius 3 is 2.31 bits per heavy atom. The van der Waals surface area contributed by atoms with Gasteiger partial charge < -0.3 is 0 Å². The van der Waals surface area contributed by atoms with E-state index in [0.29, 0.717) is 12.0 Å². The van der Waals surface area contributed by atoms with Gasteiger partial charge in [-0.15, -0.1) is 17.7 Å². The first-order chi connectivity index (χ1) is 5.24.